The Morgan fingerprint density at radius 2 is 0.792 bits per heavy atom. The van der Waals surface area contributed by atoms with E-state index in [2.05, 4.69) is 158 Å². The Labute approximate surface area is 307 Å². The summed E-state index contributed by atoms with van der Waals surface area (Å²) < 4.78 is 6.37. The van der Waals surface area contributed by atoms with Gasteiger partial charge in [-0.25, -0.2) is 9.97 Å². The minimum absolute atomic E-state index is 0.689. The average Bonchev–Trinajstić information content (AvgIpc) is 3.63. The van der Waals surface area contributed by atoms with E-state index in [9.17, 15) is 0 Å². The van der Waals surface area contributed by atoms with Gasteiger partial charge in [0.2, 0.25) is 0 Å². The Morgan fingerprint density at radius 3 is 1.47 bits per heavy atom. The summed E-state index contributed by atoms with van der Waals surface area (Å²) in [6.45, 7) is 0. The molecule has 0 aliphatic rings. The first-order valence-electron chi connectivity index (χ1n) is 17.9. The maximum atomic E-state index is 6.37. The second kappa shape index (κ2) is 12.9. The van der Waals surface area contributed by atoms with Gasteiger partial charge in [0.05, 0.1) is 11.4 Å². The van der Waals surface area contributed by atoms with Crippen LogP contribution in [0.15, 0.2) is 199 Å². The number of hydrogen-bond acceptors (Lipinski definition) is 3. The van der Waals surface area contributed by atoms with Gasteiger partial charge in [-0.1, -0.05) is 158 Å². The van der Waals surface area contributed by atoms with E-state index in [1.54, 1.807) is 0 Å². The molecule has 0 aliphatic heterocycles. The molecule has 53 heavy (non-hydrogen) atoms. The maximum Gasteiger partial charge on any atom is 0.160 e. The highest BCUT2D eigenvalue weighted by molar-refractivity contribution is 6.13. The molecule has 0 aliphatic carbocycles. The lowest BCUT2D eigenvalue weighted by atomic mass is 9.89. The van der Waals surface area contributed by atoms with Crippen LogP contribution in [-0.2, 0) is 0 Å². The quantitative estimate of drug-likeness (QED) is 0.176. The topological polar surface area (TPSA) is 38.9 Å². The van der Waals surface area contributed by atoms with Crippen LogP contribution < -0.4 is 0 Å². The zero-order valence-corrected chi connectivity index (χ0v) is 28.8. The fourth-order valence-corrected chi connectivity index (χ4v) is 7.59. The SMILES string of the molecule is c1ccc(-c2cc(-c3cc(-c4ccc(-c5ccccc5)c5ccccc45)cc(-c4cccc5oc6ccccc6c45)c3)nc(-c3ccccc3)n2)cc1. The highest BCUT2D eigenvalue weighted by atomic mass is 16.3. The van der Waals surface area contributed by atoms with Crippen molar-refractivity contribution in [1.82, 2.24) is 9.97 Å². The summed E-state index contributed by atoms with van der Waals surface area (Å²) in [5, 5.41) is 4.61. The van der Waals surface area contributed by atoms with Crippen molar-refractivity contribution in [2.45, 2.75) is 0 Å². The molecule has 0 saturated carbocycles. The predicted octanol–water partition coefficient (Wildman–Crippen LogP) is 13.5. The summed E-state index contributed by atoms with van der Waals surface area (Å²) in [7, 11) is 0. The normalized spacial score (nSPS) is 11.4. The standard InChI is InChI=1S/C50H32N2O/c1-4-15-33(16-5-1)39-27-28-40(43-22-11-10-21-42(39)43)36-29-37(41-24-14-26-48-49(41)44-23-12-13-25-47(44)53-48)31-38(30-36)46-32-45(34-17-6-2-7-18-34)51-50(52-46)35-19-8-3-9-20-35/h1-32H. The van der Waals surface area contributed by atoms with E-state index in [-0.39, 0.29) is 0 Å². The third-order valence-corrected chi connectivity index (χ3v) is 10.1. The number of aromatic nitrogens is 2. The van der Waals surface area contributed by atoms with Gasteiger partial charge in [-0.2, -0.15) is 0 Å². The molecule has 2 heterocycles. The molecule has 0 atom stereocenters. The largest absolute Gasteiger partial charge is 0.456 e. The Morgan fingerprint density at radius 1 is 0.302 bits per heavy atom. The molecule has 0 bridgehead atoms. The first-order chi connectivity index (χ1) is 26.3. The van der Waals surface area contributed by atoms with Crippen LogP contribution in [0.4, 0.5) is 0 Å². The molecule has 0 fully saturated rings. The van der Waals surface area contributed by atoms with Crippen molar-refractivity contribution in [2.24, 2.45) is 0 Å². The molecule has 0 radical (unpaired) electrons. The van der Waals surface area contributed by atoms with Gasteiger partial charge in [-0.05, 0) is 80.6 Å². The number of para-hydroxylation sites is 1. The van der Waals surface area contributed by atoms with Crippen LogP contribution in [0.2, 0.25) is 0 Å². The molecule has 0 saturated heterocycles. The number of hydrogen-bond donors (Lipinski definition) is 0. The fraction of sp³-hybridized carbons (Fsp3) is 0. The second-order valence-corrected chi connectivity index (χ2v) is 13.3. The molecular weight excluding hydrogens is 645 g/mol. The first-order valence-corrected chi connectivity index (χ1v) is 17.9. The van der Waals surface area contributed by atoms with E-state index in [1.807, 2.05) is 36.4 Å². The van der Waals surface area contributed by atoms with Crippen molar-refractivity contribution in [1.29, 1.82) is 0 Å². The van der Waals surface area contributed by atoms with E-state index in [1.165, 1.54) is 21.9 Å². The minimum atomic E-state index is 0.689. The van der Waals surface area contributed by atoms with E-state index >= 15 is 0 Å². The molecule has 3 nitrogen and oxygen atoms in total. The predicted molar refractivity (Wildman–Crippen MR) is 219 cm³/mol. The lowest BCUT2D eigenvalue weighted by Crippen LogP contribution is -1.96. The van der Waals surface area contributed by atoms with Gasteiger partial charge in [0.15, 0.2) is 5.82 Å². The van der Waals surface area contributed by atoms with Gasteiger partial charge in [-0.3, -0.25) is 0 Å². The Kier molecular flexibility index (Phi) is 7.47. The third kappa shape index (κ3) is 5.56. The van der Waals surface area contributed by atoms with Crippen molar-refractivity contribution < 1.29 is 4.42 Å². The van der Waals surface area contributed by atoms with Gasteiger partial charge in [-0.15, -0.1) is 0 Å². The molecule has 248 valence electrons. The summed E-state index contributed by atoms with van der Waals surface area (Å²) in [4.78, 5) is 10.3. The van der Waals surface area contributed by atoms with Crippen molar-refractivity contribution in [3.63, 3.8) is 0 Å². The highest BCUT2D eigenvalue weighted by Crippen LogP contribution is 2.42. The van der Waals surface area contributed by atoms with Gasteiger partial charge in [0, 0.05) is 27.5 Å². The van der Waals surface area contributed by atoms with Gasteiger partial charge in [0.25, 0.3) is 0 Å². The number of benzene rings is 8. The Hall–Kier alpha value is -7.10. The van der Waals surface area contributed by atoms with Crippen LogP contribution in [-0.4, -0.2) is 9.97 Å². The van der Waals surface area contributed by atoms with Crippen molar-refractivity contribution in [3.8, 4) is 67.3 Å². The van der Waals surface area contributed by atoms with Crippen LogP contribution in [0.5, 0.6) is 0 Å². The molecule has 2 aromatic heterocycles. The van der Waals surface area contributed by atoms with E-state index < -0.39 is 0 Å². The Bertz CT molecular complexity index is 2870. The summed E-state index contributed by atoms with van der Waals surface area (Å²) >= 11 is 0. The van der Waals surface area contributed by atoms with Crippen molar-refractivity contribution in [3.05, 3.63) is 194 Å². The molecule has 10 aromatic rings. The molecule has 0 N–H and O–H groups in total. The number of fused-ring (bicyclic) bond motifs is 4. The van der Waals surface area contributed by atoms with Crippen LogP contribution in [0.1, 0.15) is 0 Å². The minimum Gasteiger partial charge on any atom is -0.456 e. The molecule has 0 spiro atoms. The van der Waals surface area contributed by atoms with Crippen molar-refractivity contribution >= 4 is 32.7 Å². The fourth-order valence-electron chi connectivity index (χ4n) is 7.59. The van der Waals surface area contributed by atoms with E-state index in [4.69, 9.17) is 14.4 Å². The van der Waals surface area contributed by atoms with Crippen LogP contribution >= 0.6 is 0 Å². The van der Waals surface area contributed by atoms with Crippen LogP contribution in [0.25, 0.3) is 100.0 Å². The smallest absolute Gasteiger partial charge is 0.160 e. The first kappa shape index (κ1) is 30.7. The van der Waals surface area contributed by atoms with Crippen LogP contribution in [0.3, 0.4) is 0 Å². The summed E-state index contributed by atoms with van der Waals surface area (Å²) in [6.07, 6.45) is 0. The molecular formula is C50H32N2O. The number of nitrogens with zero attached hydrogens (tertiary/aromatic N) is 2. The number of rotatable bonds is 6. The maximum absolute atomic E-state index is 6.37. The van der Waals surface area contributed by atoms with Crippen molar-refractivity contribution in [2.75, 3.05) is 0 Å². The van der Waals surface area contributed by atoms with Gasteiger partial charge in [0.1, 0.15) is 11.2 Å². The Balaban J connectivity index is 1.26. The monoisotopic (exact) mass is 676 g/mol. The molecule has 3 heteroatoms. The summed E-state index contributed by atoms with van der Waals surface area (Å²) in [5.41, 5.74) is 13.4. The molecule has 0 unspecified atom stereocenters. The molecule has 8 aromatic carbocycles. The lowest BCUT2D eigenvalue weighted by Gasteiger charge is -2.16. The average molecular weight is 677 g/mol. The highest BCUT2D eigenvalue weighted by Gasteiger charge is 2.18. The summed E-state index contributed by atoms with van der Waals surface area (Å²) in [5.74, 6) is 0.689. The van der Waals surface area contributed by atoms with E-state index in [0.29, 0.717) is 5.82 Å². The lowest BCUT2D eigenvalue weighted by molar-refractivity contribution is 0.669. The zero-order chi connectivity index (χ0) is 35.1. The zero-order valence-electron chi connectivity index (χ0n) is 28.8. The van der Waals surface area contributed by atoms with Gasteiger partial charge >= 0.3 is 0 Å². The van der Waals surface area contributed by atoms with Crippen LogP contribution in [0, 0.1) is 0 Å². The summed E-state index contributed by atoms with van der Waals surface area (Å²) in [6, 6.07) is 68.1. The molecule has 0 amide bonds. The van der Waals surface area contributed by atoms with Gasteiger partial charge < -0.3 is 4.42 Å². The molecule has 10 rings (SSSR count). The second-order valence-electron chi connectivity index (χ2n) is 13.3. The number of furan rings is 1. The van der Waals surface area contributed by atoms with E-state index in [0.717, 1.165) is 72.3 Å². The third-order valence-electron chi connectivity index (χ3n) is 10.1.